The number of nitrogens with one attached hydrogen (secondary N) is 1. The molecule has 0 bridgehead atoms. The first-order chi connectivity index (χ1) is 13.2. The van der Waals surface area contributed by atoms with Gasteiger partial charge >= 0.3 is 6.09 Å². The van der Waals surface area contributed by atoms with Crippen molar-refractivity contribution in [3.8, 4) is 0 Å². The zero-order chi connectivity index (χ0) is 20.3. The van der Waals surface area contributed by atoms with Gasteiger partial charge in [0.2, 0.25) is 0 Å². The zero-order valence-electron chi connectivity index (χ0n) is 16.5. The molecule has 0 atom stereocenters. The maximum absolute atomic E-state index is 12.3. The predicted molar refractivity (Wildman–Crippen MR) is 108 cm³/mol. The molecular formula is C20H26ClN3O4. The van der Waals surface area contributed by atoms with E-state index in [2.05, 4.69) is 10.2 Å². The number of halogens is 1. The van der Waals surface area contributed by atoms with Gasteiger partial charge in [0.1, 0.15) is 11.2 Å². The first-order valence-electron chi connectivity index (χ1n) is 9.39. The van der Waals surface area contributed by atoms with Crippen molar-refractivity contribution < 1.29 is 18.7 Å². The summed E-state index contributed by atoms with van der Waals surface area (Å²) in [5, 5.41) is 4.28. The van der Waals surface area contributed by atoms with Gasteiger partial charge in [-0.2, -0.15) is 0 Å². The van der Waals surface area contributed by atoms with Crippen molar-refractivity contribution in [2.24, 2.45) is 0 Å². The fraction of sp³-hybridized carbons (Fsp3) is 0.500. The number of fused-ring (bicyclic) bond motifs is 1. The summed E-state index contributed by atoms with van der Waals surface area (Å²) in [5.41, 5.74) is 0.147. The highest BCUT2D eigenvalue weighted by Gasteiger charge is 2.25. The van der Waals surface area contributed by atoms with Crippen LogP contribution in [0.4, 0.5) is 4.79 Å². The topological polar surface area (TPSA) is 75.0 Å². The van der Waals surface area contributed by atoms with Crippen LogP contribution in [-0.2, 0) is 4.74 Å². The second kappa shape index (κ2) is 8.41. The third kappa shape index (κ3) is 5.39. The standard InChI is InChI=1S/C20H26ClN3O4/c1-20(2,3)28-19(26)24-10-8-23(9-11-24)7-6-22-18(25)17-13-14-12-15(21)4-5-16(14)27-17/h4-5,12-13H,6-11H2,1-3H3,(H,22,25). The minimum atomic E-state index is -0.486. The summed E-state index contributed by atoms with van der Waals surface area (Å²) in [4.78, 5) is 28.3. The Balaban J connectivity index is 1.42. The number of furan rings is 1. The highest BCUT2D eigenvalue weighted by atomic mass is 35.5. The molecule has 2 aromatic rings. The maximum atomic E-state index is 12.3. The van der Waals surface area contributed by atoms with Crippen molar-refractivity contribution in [1.29, 1.82) is 0 Å². The second-order valence-corrected chi connectivity index (χ2v) is 8.29. The van der Waals surface area contributed by atoms with Gasteiger partial charge in [-0.1, -0.05) is 11.6 Å². The maximum Gasteiger partial charge on any atom is 0.410 e. The number of carbonyl (C=O) groups is 2. The molecule has 28 heavy (non-hydrogen) atoms. The molecule has 0 unspecified atom stereocenters. The molecule has 1 N–H and O–H groups in total. The van der Waals surface area contributed by atoms with Gasteiger partial charge < -0.3 is 19.4 Å². The molecule has 1 aromatic heterocycles. The Hall–Kier alpha value is -2.25. The van der Waals surface area contributed by atoms with Crippen molar-refractivity contribution in [3.05, 3.63) is 35.0 Å². The van der Waals surface area contributed by atoms with Crippen LogP contribution in [-0.4, -0.2) is 66.7 Å². The summed E-state index contributed by atoms with van der Waals surface area (Å²) in [5.74, 6) is 0.0201. The molecule has 7 nitrogen and oxygen atoms in total. The molecule has 0 radical (unpaired) electrons. The number of benzene rings is 1. The predicted octanol–water partition coefficient (Wildman–Crippen LogP) is 3.37. The Morgan fingerprint density at radius 2 is 1.89 bits per heavy atom. The highest BCUT2D eigenvalue weighted by molar-refractivity contribution is 6.31. The van der Waals surface area contributed by atoms with E-state index in [4.69, 9.17) is 20.8 Å². The van der Waals surface area contributed by atoms with Crippen LogP contribution >= 0.6 is 11.6 Å². The first kappa shape index (κ1) is 20.5. The van der Waals surface area contributed by atoms with E-state index >= 15 is 0 Å². The summed E-state index contributed by atoms with van der Waals surface area (Å²) in [6.45, 7) is 9.53. The van der Waals surface area contributed by atoms with Crippen LogP contribution in [0.2, 0.25) is 5.02 Å². The Morgan fingerprint density at radius 1 is 1.18 bits per heavy atom. The lowest BCUT2D eigenvalue weighted by molar-refractivity contribution is 0.0147. The number of amides is 2. The Kier molecular flexibility index (Phi) is 6.15. The van der Waals surface area contributed by atoms with Crippen LogP contribution in [0.1, 0.15) is 31.3 Å². The van der Waals surface area contributed by atoms with Crippen molar-refractivity contribution in [2.45, 2.75) is 26.4 Å². The van der Waals surface area contributed by atoms with E-state index in [-0.39, 0.29) is 17.8 Å². The molecule has 8 heteroatoms. The van der Waals surface area contributed by atoms with E-state index < -0.39 is 5.60 Å². The molecule has 0 aliphatic carbocycles. The minimum absolute atomic E-state index is 0.250. The van der Waals surface area contributed by atoms with Gasteiger partial charge in [0.25, 0.3) is 5.91 Å². The van der Waals surface area contributed by atoms with Crippen LogP contribution in [0.3, 0.4) is 0 Å². The third-order valence-electron chi connectivity index (χ3n) is 4.44. The number of hydrogen-bond donors (Lipinski definition) is 1. The number of rotatable bonds is 4. The van der Waals surface area contributed by atoms with Crippen LogP contribution in [0.15, 0.2) is 28.7 Å². The van der Waals surface area contributed by atoms with Gasteiger partial charge in [-0.05, 0) is 45.0 Å². The lowest BCUT2D eigenvalue weighted by Gasteiger charge is -2.35. The largest absolute Gasteiger partial charge is 0.451 e. The number of nitrogens with zero attached hydrogens (tertiary/aromatic N) is 2. The molecule has 3 rings (SSSR count). The van der Waals surface area contributed by atoms with Gasteiger partial charge in [-0.25, -0.2) is 4.79 Å². The molecular weight excluding hydrogens is 382 g/mol. The Morgan fingerprint density at radius 3 is 2.57 bits per heavy atom. The van der Waals surface area contributed by atoms with Gasteiger partial charge in [-0.3, -0.25) is 9.69 Å². The van der Waals surface area contributed by atoms with Crippen molar-refractivity contribution in [1.82, 2.24) is 15.1 Å². The summed E-state index contributed by atoms with van der Waals surface area (Å²) in [6.07, 6.45) is -0.273. The van der Waals surface area contributed by atoms with Crippen molar-refractivity contribution in [2.75, 3.05) is 39.3 Å². The zero-order valence-corrected chi connectivity index (χ0v) is 17.2. The van der Waals surface area contributed by atoms with E-state index in [1.165, 1.54) is 0 Å². The van der Waals surface area contributed by atoms with Crippen LogP contribution in [0, 0.1) is 0 Å². The lowest BCUT2D eigenvalue weighted by Crippen LogP contribution is -2.51. The average molecular weight is 408 g/mol. The molecule has 1 fully saturated rings. The molecule has 2 amide bonds. The van der Waals surface area contributed by atoms with Gasteiger partial charge in [0.05, 0.1) is 0 Å². The van der Waals surface area contributed by atoms with Crippen LogP contribution in [0.5, 0.6) is 0 Å². The normalized spacial score (nSPS) is 15.6. The monoisotopic (exact) mass is 407 g/mol. The molecule has 152 valence electrons. The van der Waals surface area contributed by atoms with E-state index in [0.717, 1.165) is 18.5 Å². The fourth-order valence-corrected chi connectivity index (χ4v) is 3.20. The molecule has 1 aromatic carbocycles. The smallest absolute Gasteiger partial charge is 0.410 e. The number of hydrogen-bond acceptors (Lipinski definition) is 5. The fourth-order valence-electron chi connectivity index (χ4n) is 3.02. The van der Waals surface area contributed by atoms with E-state index in [1.807, 2.05) is 20.8 Å². The molecule has 1 saturated heterocycles. The summed E-state index contributed by atoms with van der Waals surface area (Å²) < 4.78 is 11.0. The van der Waals surface area contributed by atoms with Crippen LogP contribution in [0.25, 0.3) is 11.0 Å². The summed E-state index contributed by atoms with van der Waals surface area (Å²) in [6, 6.07) is 6.93. The third-order valence-corrected chi connectivity index (χ3v) is 4.67. The SMILES string of the molecule is CC(C)(C)OC(=O)N1CCN(CCNC(=O)c2cc3cc(Cl)ccc3o2)CC1. The van der Waals surface area contributed by atoms with Gasteiger partial charge in [0, 0.05) is 49.7 Å². The quantitative estimate of drug-likeness (QED) is 0.841. The molecule has 0 saturated carbocycles. The Labute approximate surface area is 169 Å². The van der Waals surface area contributed by atoms with Crippen LogP contribution < -0.4 is 5.32 Å². The summed E-state index contributed by atoms with van der Waals surface area (Å²) in [7, 11) is 0. The average Bonchev–Trinajstić information content (AvgIpc) is 3.04. The van der Waals surface area contributed by atoms with Crippen molar-refractivity contribution in [3.63, 3.8) is 0 Å². The minimum Gasteiger partial charge on any atom is -0.451 e. The highest BCUT2D eigenvalue weighted by Crippen LogP contribution is 2.23. The summed E-state index contributed by atoms with van der Waals surface area (Å²) >= 11 is 5.96. The molecule has 2 heterocycles. The second-order valence-electron chi connectivity index (χ2n) is 7.86. The van der Waals surface area contributed by atoms with Gasteiger partial charge in [-0.15, -0.1) is 0 Å². The lowest BCUT2D eigenvalue weighted by atomic mass is 10.2. The van der Waals surface area contributed by atoms with E-state index in [1.54, 1.807) is 29.2 Å². The van der Waals surface area contributed by atoms with Gasteiger partial charge in [0.15, 0.2) is 5.76 Å². The van der Waals surface area contributed by atoms with E-state index in [9.17, 15) is 9.59 Å². The Bertz CT molecular complexity index is 851. The number of piperazine rings is 1. The molecule has 1 aliphatic heterocycles. The number of ether oxygens (including phenoxy) is 1. The van der Waals surface area contributed by atoms with E-state index in [0.29, 0.717) is 36.8 Å². The first-order valence-corrected chi connectivity index (χ1v) is 9.77. The number of carbonyl (C=O) groups excluding carboxylic acids is 2. The van der Waals surface area contributed by atoms with Crippen molar-refractivity contribution >= 4 is 34.6 Å². The molecule has 0 spiro atoms. The molecule has 1 aliphatic rings.